The zero-order chi connectivity index (χ0) is 22.0. The molecule has 162 valence electrons. The van der Waals surface area contributed by atoms with E-state index in [4.69, 9.17) is 9.47 Å². The first-order valence-corrected chi connectivity index (χ1v) is 10.5. The maximum atomic E-state index is 14.1. The highest BCUT2D eigenvalue weighted by Crippen LogP contribution is 2.43. The molecule has 2 rings (SSSR count). The molecule has 0 aromatic carbocycles. The van der Waals surface area contributed by atoms with Gasteiger partial charge in [0.05, 0.1) is 13.0 Å². The lowest BCUT2D eigenvalue weighted by Crippen LogP contribution is -2.45. The molecule has 0 aromatic rings. The van der Waals surface area contributed by atoms with Gasteiger partial charge < -0.3 is 9.47 Å². The van der Waals surface area contributed by atoms with Crippen molar-refractivity contribution in [3.05, 3.63) is 36.1 Å². The Morgan fingerprint density at radius 1 is 1.31 bits per heavy atom. The second kappa shape index (κ2) is 8.74. The quantitative estimate of drug-likeness (QED) is 0.345. The molecule has 0 amide bonds. The Bertz CT molecular complexity index is 845. The van der Waals surface area contributed by atoms with Gasteiger partial charge >= 0.3 is 27.3 Å². The number of hydrogen-bond donors (Lipinski definition) is 0. The van der Waals surface area contributed by atoms with Gasteiger partial charge in [0.25, 0.3) is 0 Å². The third kappa shape index (κ3) is 4.75. The number of allylic oxidation sites excluding steroid dienone is 4. The number of halogens is 2. The number of ether oxygens (including phenoxy) is 2. The summed E-state index contributed by atoms with van der Waals surface area (Å²) in [4.78, 5) is 24.4. The molecular weight excluding hydrogens is 410 g/mol. The van der Waals surface area contributed by atoms with E-state index < -0.39 is 45.3 Å². The van der Waals surface area contributed by atoms with Gasteiger partial charge in [-0.15, -0.1) is 0 Å². The third-order valence-corrected chi connectivity index (χ3v) is 6.54. The van der Waals surface area contributed by atoms with Crippen molar-refractivity contribution in [3.8, 4) is 0 Å². The summed E-state index contributed by atoms with van der Waals surface area (Å²) >= 11 is 0. The van der Waals surface area contributed by atoms with Crippen molar-refractivity contribution in [2.75, 3.05) is 7.11 Å². The first-order valence-electron chi connectivity index (χ1n) is 9.07. The molecule has 4 unspecified atom stereocenters. The van der Waals surface area contributed by atoms with Crippen molar-refractivity contribution in [2.45, 2.75) is 44.5 Å². The number of alkyl halides is 2. The van der Waals surface area contributed by atoms with Gasteiger partial charge in [-0.3, -0.25) is 8.98 Å². The second-order valence-corrected chi connectivity index (χ2v) is 8.89. The van der Waals surface area contributed by atoms with E-state index in [2.05, 4.69) is 10.8 Å². The number of esters is 2. The van der Waals surface area contributed by atoms with Crippen molar-refractivity contribution >= 4 is 22.1 Å². The zero-order valence-electron chi connectivity index (χ0n) is 16.4. The predicted molar refractivity (Wildman–Crippen MR) is 98.9 cm³/mol. The Kier molecular flexibility index (Phi) is 7.00. The van der Waals surface area contributed by atoms with Crippen molar-refractivity contribution < 1.29 is 40.4 Å². The van der Waals surface area contributed by atoms with E-state index >= 15 is 0 Å². The summed E-state index contributed by atoms with van der Waals surface area (Å²) in [5.41, 5.74) is 0.221. The lowest BCUT2D eigenvalue weighted by atomic mass is 9.69. The van der Waals surface area contributed by atoms with Crippen LogP contribution in [0.4, 0.5) is 8.78 Å². The Labute approximate surface area is 168 Å². The Morgan fingerprint density at radius 2 is 1.97 bits per heavy atom. The van der Waals surface area contributed by atoms with Crippen LogP contribution in [0.15, 0.2) is 36.1 Å². The van der Waals surface area contributed by atoms with E-state index in [1.54, 1.807) is 18.2 Å². The van der Waals surface area contributed by atoms with Crippen LogP contribution in [0.3, 0.4) is 0 Å². The fraction of sp³-hybridized carbons (Fsp3) is 0.579. The third-order valence-electron chi connectivity index (χ3n) is 5.10. The highest BCUT2D eigenvalue weighted by molar-refractivity contribution is 7.87. The molecule has 0 radical (unpaired) electrons. The van der Waals surface area contributed by atoms with E-state index in [1.165, 1.54) is 6.92 Å². The van der Waals surface area contributed by atoms with Gasteiger partial charge in [-0.05, 0) is 32.8 Å². The second-order valence-electron chi connectivity index (χ2n) is 7.11. The maximum absolute atomic E-state index is 14.1. The van der Waals surface area contributed by atoms with Crippen LogP contribution in [-0.2, 0) is 33.4 Å². The van der Waals surface area contributed by atoms with Crippen molar-refractivity contribution in [1.29, 1.82) is 0 Å². The van der Waals surface area contributed by atoms with E-state index in [-0.39, 0.29) is 11.5 Å². The Hall–Kier alpha value is -2.07. The van der Waals surface area contributed by atoms with Gasteiger partial charge in [0.15, 0.2) is 6.10 Å². The number of fused-ring (bicyclic) bond motifs is 1. The monoisotopic (exact) mass is 434 g/mol. The normalized spacial score (nSPS) is 25.4. The number of carbonyl (C=O) groups excluding carboxylic acids is 2. The smallest absolute Gasteiger partial charge is 0.405 e. The first kappa shape index (κ1) is 23.2. The molecule has 0 heterocycles. The van der Waals surface area contributed by atoms with E-state index in [9.17, 15) is 26.8 Å². The SMILES string of the molecule is C=C(C)C(=O)OC1=CC=CC2C(C(=O)OC(C)C(F)(F)S(=O)(=O)OC)CCCC12. The van der Waals surface area contributed by atoms with Crippen LogP contribution >= 0.6 is 0 Å². The minimum atomic E-state index is -5.23. The molecular formula is C19H24F2O7S. The Morgan fingerprint density at radius 3 is 2.55 bits per heavy atom. The average Bonchev–Trinajstić information content (AvgIpc) is 2.67. The fourth-order valence-corrected chi connectivity index (χ4v) is 4.13. The minimum Gasteiger partial charge on any atom is -0.455 e. The molecule has 0 aliphatic heterocycles. The highest BCUT2D eigenvalue weighted by Gasteiger charge is 2.54. The van der Waals surface area contributed by atoms with Crippen LogP contribution in [0.2, 0.25) is 0 Å². The predicted octanol–water partition coefficient (Wildman–Crippen LogP) is 3.09. The number of carbonyl (C=O) groups is 2. The summed E-state index contributed by atoms with van der Waals surface area (Å²) in [7, 11) is -4.62. The summed E-state index contributed by atoms with van der Waals surface area (Å²) in [5.74, 6) is -2.64. The van der Waals surface area contributed by atoms with Crippen LogP contribution in [0, 0.1) is 17.8 Å². The van der Waals surface area contributed by atoms with Gasteiger partial charge in [-0.2, -0.15) is 17.2 Å². The van der Waals surface area contributed by atoms with Crippen LogP contribution < -0.4 is 0 Å². The summed E-state index contributed by atoms with van der Waals surface area (Å²) in [5, 5.41) is -4.39. The fourth-order valence-electron chi connectivity index (χ4n) is 3.45. The molecule has 29 heavy (non-hydrogen) atoms. The van der Waals surface area contributed by atoms with Gasteiger partial charge in [0.2, 0.25) is 0 Å². The van der Waals surface area contributed by atoms with Gasteiger partial charge in [-0.1, -0.05) is 25.2 Å². The lowest BCUT2D eigenvalue weighted by Gasteiger charge is -2.38. The highest BCUT2D eigenvalue weighted by atomic mass is 32.2. The molecule has 0 N–H and O–H groups in total. The van der Waals surface area contributed by atoms with Crippen molar-refractivity contribution in [2.24, 2.45) is 17.8 Å². The topological polar surface area (TPSA) is 96.0 Å². The summed E-state index contributed by atoms with van der Waals surface area (Å²) < 4.78 is 65.0. The molecule has 2 aliphatic carbocycles. The molecule has 1 fully saturated rings. The maximum Gasteiger partial charge on any atom is 0.405 e. The van der Waals surface area contributed by atoms with Gasteiger partial charge in [0.1, 0.15) is 5.76 Å². The molecule has 0 bridgehead atoms. The lowest BCUT2D eigenvalue weighted by molar-refractivity contribution is -0.167. The summed E-state index contributed by atoms with van der Waals surface area (Å²) in [6, 6.07) is 0. The first-order chi connectivity index (χ1) is 13.4. The molecule has 2 aliphatic rings. The van der Waals surface area contributed by atoms with Crippen LogP contribution in [-0.4, -0.2) is 38.8 Å². The molecule has 0 saturated heterocycles. The van der Waals surface area contributed by atoms with Crippen molar-refractivity contribution in [1.82, 2.24) is 0 Å². The van der Waals surface area contributed by atoms with Gasteiger partial charge in [-0.25, -0.2) is 4.79 Å². The number of rotatable bonds is 7. The molecule has 0 aromatic heterocycles. The molecule has 0 spiro atoms. The Balaban J connectivity index is 2.14. The molecule has 10 heteroatoms. The molecule has 1 saturated carbocycles. The summed E-state index contributed by atoms with van der Waals surface area (Å²) in [6.45, 7) is 5.83. The van der Waals surface area contributed by atoms with Crippen LogP contribution in [0.1, 0.15) is 33.1 Å². The largest absolute Gasteiger partial charge is 0.455 e. The summed E-state index contributed by atoms with van der Waals surface area (Å²) in [6.07, 6.45) is 4.35. The number of hydrogen-bond acceptors (Lipinski definition) is 7. The van der Waals surface area contributed by atoms with E-state index in [1.807, 2.05) is 0 Å². The van der Waals surface area contributed by atoms with Gasteiger partial charge in [0, 0.05) is 17.4 Å². The molecule has 4 atom stereocenters. The van der Waals surface area contributed by atoms with Crippen LogP contribution in [0.25, 0.3) is 0 Å². The van der Waals surface area contributed by atoms with E-state index in [0.717, 1.165) is 6.92 Å². The molecule has 7 nitrogen and oxygen atoms in total. The average molecular weight is 434 g/mol. The zero-order valence-corrected chi connectivity index (χ0v) is 17.2. The van der Waals surface area contributed by atoms with E-state index in [0.29, 0.717) is 32.1 Å². The van der Waals surface area contributed by atoms with Crippen LogP contribution in [0.5, 0.6) is 0 Å². The minimum absolute atomic E-state index is 0.221. The van der Waals surface area contributed by atoms with Crippen molar-refractivity contribution in [3.63, 3.8) is 0 Å². The standard InChI is InChI=1S/C19H24F2O7S/c1-11(2)17(22)28-16-10-6-7-13-14(16)8-5-9-15(13)18(23)27-12(3)19(20,21)29(24,25)26-4/h6-7,10,12-15H,1,5,8-9H2,2-4H3.